The van der Waals surface area contributed by atoms with Gasteiger partial charge < -0.3 is 9.32 Å². The van der Waals surface area contributed by atoms with Crippen LogP contribution in [0, 0.1) is 22.0 Å². The molecule has 0 N–H and O–H groups in total. The van der Waals surface area contributed by atoms with Crippen molar-refractivity contribution in [3.05, 3.63) is 100 Å². The molecule has 4 heterocycles. The fourth-order valence-electron chi connectivity index (χ4n) is 5.42. The molecule has 2 amide bonds. The molecular formula is C25H17N3O6. The van der Waals surface area contributed by atoms with E-state index in [-0.39, 0.29) is 17.1 Å². The maximum atomic E-state index is 13.7. The third-order valence-electron chi connectivity index (χ3n) is 6.79. The summed E-state index contributed by atoms with van der Waals surface area (Å²) in [6.07, 6.45) is 5.01. The molecule has 1 aromatic heterocycles. The summed E-state index contributed by atoms with van der Waals surface area (Å²) in [5.74, 6) is -3.13. The van der Waals surface area contributed by atoms with Gasteiger partial charge in [0.05, 0.1) is 34.8 Å². The first-order valence-electron chi connectivity index (χ1n) is 10.7. The number of hydrogen-bond acceptors (Lipinski definition) is 7. The zero-order valence-electron chi connectivity index (χ0n) is 17.6. The SMILES string of the molecule is O=C(c1ccco1)[C@@H]1[C@@H]2C(=O)N(c3cccc([N+](=O)[O-])c3)C(=O)[C@@H]2C2c3ccccc3C=CN21. The van der Waals surface area contributed by atoms with Crippen LogP contribution < -0.4 is 4.90 Å². The maximum absolute atomic E-state index is 13.7. The first kappa shape index (κ1) is 20.1. The Hall–Kier alpha value is -4.53. The Morgan fingerprint density at radius 3 is 2.53 bits per heavy atom. The molecule has 4 atom stereocenters. The van der Waals surface area contributed by atoms with E-state index >= 15 is 0 Å². The minimum Gasteiger partial charge on any atom is -0.461 e. The molecule has 3 aliphatic heterocycles. The largest absolute Gasteiger partial charge is 0.461 e. The molecule has 0 bridgehead atoms. The smallest absolute Gasteiger partial charge is 0.271 e. The highest BCUT2D eigenvalue weighted by Gasteiger charge is 2.64. The minimum atomic E-state index is -0.967. The second-order valence-corrected chi connectivity index (χ2v) is 8.46. The Bertz CT molecular complexity index is 1400. The lowest BCUT2D eigenvalue weighted by Crippen LogP contribution is -2.44. The summed E-state index contributed by atoms with van der Waals surface area (Å²) in [7, 11) is 0. The second-order valence-electron chi connectivity index (χ2n) is 8.46. The fourth-order valence-corrected chi connectivity index (χ4v) is 5.42. The number of anilines is 1. The summed E-state index contributed by atoms with van der Waals surface area (Å²) in [5, 5.41) is 11.3. The number of non-ortho nitro benzene ring substituents is 1. The van der Waals surface area contributed by atoms with E-state index < -0.39 is 46.4 Å². The van der Waals surface area contributed by atoms with Crippen molar-refractivity contribution in [2.24, 2.45) is 11.8 Å². The van der Waals surface area contributed by atoms with Gasteiger partial charge in [-0.25, -0.2) is 4.90 Å². The van der Waals surface area contributed by atoms with Crippen LogP contribution in [-0.4, -0.2) is 33.5 Å². The van der Waals surface area contributed by atoms with Crippen molar-refractivity contribution in [1.82, 2.24) is 4.90 Å². The highest BCUT2D eigenvalue weighted by molar-refractivity contribution is 6.24. The number of nitro benzene ring substituents is 1. The molecule has 0 radical (unpaired) electrons. The van der Waals surface area contributed by atoms with Crippen LogP contribution in [0.25, 0.3) is 6.08 Å². The Kier molecular flexibility index (Phi) is 4.28. The van der Waals surface area contributed by atoms with Crippen LogP contribution >= 0.6 is 0 Å². The zero-order valence-corrected chi connectivity index (χ0v) is 17.6. The Morgan fingerprint density at radius 2 is 1.76 bits per heavy atom. The van der Waals surface area contributed by atoms with Crippen molar-refractivity contribution < 1.29 is 23.7 Å². The molecule has 2 saturated heterocycles. The number of furan rings is 1. The number of ketones is 1. The van der Waals surface area contributed by atoms with Gasteiger partial charge in [-0.3, -0.25) is 24.5 Å². The van der Waals surface area contributed by atoms with Gasteiger partial charge in [0.25, 0.3) is 5.69 Å². The maximum Gasteiger partial charge on any atom is 0.271 e. The number of Topliss-reactive ketones (excluding diaryl/α,β-unsaturated/α-hetero) is 1. The summed E-state index contributed by atoms with van der Waals surface area (Å²) >= 11 is 0. The topological polar surface area (TPSA) is 114 Å². The monoisotopic (exact) mass is 455 g/mol. The predicted octanol–water partition coefficient (Wildman–Crippen LogP) is 3.59. The predicted molar refractivity (Wildman–Crippen MR) is 119 cm³/mol. The van der Waals surface area contributed by atoms with Crippen molar-refractivity contribution in [3.8, 4) is 0 Å². The number of hydrogen-bond donors (Lipinski definition) is 0. The van der Waals surface area contributed by atoms with Gasteiger partial charge in [0, 0.05) is 18.3 Å². The van der Waals surface area contributed by atoms with Crippen LogP contribution in [-0.2, 0) is 9.59 Å². The molecule has 0 aliphatic carbocycles. The van der Waals surface area contributed by atoms with Crippen LogP contribution in [0.15, 0.2) is 77.5 Å². The first-order valence-corrected chi connectivity index (χ1v) is 10.7. The minimum absolute atomic E-state index is 0.103. The molecule has 34 heavy (non-hydrogen) atoms. The van der Waals surface area contributed by atoms with Gasteiger partial charge in [-0.2, -0.15) is 0 Å². The third kappa shape index (κ3) is 2.70. The number of benzene rings is 2. The molecule has 1 unspecified atom stereocenters. The molecule has 2 fully saturated rings. The first-order chi connectivity index (χ1) is 16.5. The molecule has 0 spiro atoms. The number of nitrogens with zero attached hydrogens (tertiary/aromatic N) is 3. The number of amides is 2. The highest BCUT2D eigenvalue weighted by Crippen LogP contribution is 2.53. The summed E-state index contributed by atoms with van der Waals surface area (Å²) in [4.78, 5) is 54.4. The van der Waals surface area contributed by atoms with Gasteiger partial charge in [-0.1, -0.05) is 30.3 Å². The Labute approximate surface area is 193 Å². The van der Waals surface area contributed by atoms with E-state index in [1.165, 1.54) is 36.6 Å². The zero-order chi connectivity index (χ0) is 23.6. The molecule has 3 aliphatic rings. The molecule has 6 rings (SSSR count). The Balaban J connectivity index is 1.50. The van der Waals surface area contributed by atoms with Crippen molar-refractivity contribution >= 4 is 35.0 Å². The molecular weight excluding hydrogens is 438 g/mol. The van der Waals surface area contributed by atoms with E-state index in [1.54, 1.807) is 17.2 Å². The van der Waals surface area contributed by atoms with E-state index in [0.29, 0.717) is 0 Å². The van der Waals surface area contributed by atoms with Crippen molar-refractivity contribution in [2.45, 2.75) is 12.1 Å². The lowest BCUT2D eigenvalue weighted by molar-refractivity contribution is -0.384. The van der Waals surface area contributed by atoms with Gasteiger partial charge in [0.2, 0.25) is 17.6 Å². The number of nitro groups is 1. The van der Waals surface area contributed by atoms with Gasteiger partial charge in [-0.05, 0) is 35.4 Å². The van der Waals surface area contributed by atoms with Crippen molar-refractivity contribution in [1.29, 1.82) is 0 Å². The quantitative estimate of drug-likeness (QED) is 0.256. The van der Waals surface area contributed by atoms with Crippen LogP contribution in [0.5, 0.6) is 0 Å². The van der Waals surface area contributed by atoms with Gasteiger partial charge >= 0.3 is 0 Å². The molecule has 9 nitrogen and oxygen atoms in total. The molecule has 0 saturated carbocycles. The fraction of sp³-hybridized carbons (Fsp3) is 0.160. The van der Waals surface area contributed by atoms with Crippen LogP contribution in [0.3, 0.4) is 0 Å². The van der Waals surface area contributed by atoms with Gasteiger partial charge in [0.1, 0.15) is 6.04 Å². The number of carbonyl (C=O) groups is 3. The summed E-state index contributed by atoms with van der Waals surface area (Å²) in [6.45, 7) is 0. The van der Waals surface area contributed by atoms with Crippen LogP contribution in [0.2, 0.25) is 0 Å². The van der Waals surface area contributed by atoms with Gasteiger partial charge in [-0.15, -0.1) is 0 Å². The van der Waals surface area contributed by atoms with E-state index in [0.717, 1.165) is 16.0 Å². The molecule has 9 heteroatoms. The van der Waals surface area contributed by atoms with E-state index in [9.17, 15) is 24.5 Å². The average Bonchev–Trinajstić information content (AvgIpc) is 3.55. The van der Waals surface area contributed by atoms with E-state index in [1.807, 2.05) is 30.3 Å². The number of imide groups is 1. The number of rotatable bonds is 4. The van der Waals surface area contributed by atoms with Crippen molar-refractivity contribution in [3.63, 3.8) is 0 Å². The Morgan fingerprint density at radius 1 is 0.971 bits per heavy atom. The van der Waals surface area contributed by atoms with Crippen LogP contribution in [0.1, 0.15) is 27.7 Å². The average molecular weight is 455 g/mol. The number of fused-ring (bicyclic) bond motifs is 5. The summed E-state index contributed by atoms with van der Waals surface area (Å²) in [6, 6.07) is 14.6. The summed E-state index contributed by atoms with van der Waals surface area (Å²) < 4.78 is 5.34. The number of carbonyl (C=O) groups excluding carboxylic acids is 3. The molecule has 2 aromatic carbocycles. The molecule has 168 valence electrons. The lowest BCUT2D eigenvalue weighted by atomic mass is 9.84. The third-order valence-corrected chi connectivity index (χ3v) is 6.79. The van der Waals surface area contributed by atoms with Crippen molar-refractivity contribution in [2.75, 3.05) is 4.90 Å². The van der Waals surface area contributed by atoms with E-state index in [4.69, 9.17) is 4.42 Å². The standard InChI is InChI=1S/C25H17N3O6/c29-23(18-9-4-12-34-18)22-20-19(21-17-8-2-1-5-14(17)10-11-26(21)22)24(30)27(25(20)31)15-6-3-7-16(13-15)28(32)33/h1-13,19-22H/t19-,20+,21?,22-/m0/s1. The second kappa shape index (κ2) is 7.24. The highest BCUT2D eigenvalue weighted by atomic mass is 16.6. The van der Waals surface area contributed by atoms with E-state index in [2.05, 4.69) is 0 Å². The van der Waals surface area contributed by atoms with Crippen LogP contribution in [0.4, 0.5) is 11.4 Å². The lowest BCUT2D eigenvalue weighted by Gasteiger charge is -2.35. The summed E-state index contributed by atoms with van der Waals surface area (Å²) in [5.41, 5.74) is 1.64. The van der Waals surface area contributed by atoms with Gasteiger partial charge in [0.15, 0.2) is 5.76 Å². The molecule has 3 aromatic rings. The normalized spacial score (nSPS) is 24.7.